The third-order valence-corrected chi connectivity index (χ3v) is 4.45. The number of likely N-dealkylation sites (tertiary alicyclic amines) is 1. The zero-order chi connectivity index (χ0) is 14.6. The summed E-state index contributed by atoms with van der Waals surface area (Å²) < 4.78 is 5.33. The third kappa shape index (κ3) is 4.17. The average molecular weight is 283 g/mol. The van der Waals surface area contributed by atoms with E-state index in [1.54, 1.807) is 0 Å². The number of hydrogen-bond acceptors (Lipinski definition) is 4. The Hall–Kier alpha value is -0.650. The van der Waals surface area contributed by atoms with Crippen LogP contribution < -0.4 is 10.6 Å². The zero-order valence-corrected chi connectivity index (χ0v) is 13.1. The molecule has 2 N–H and O–H groups in total. The lowest BCUT2D eigenvalue weighted by molar-refractivity contribution is -0.126. The third-order valence-electron chi connectivity index (χ3n) is 4.45. The Morgan fingerprint density at radius 1 is 1.50 bits per heavy atom. The molecule has 2 aliphatic heterocycles. The first kappa shape index (κ1) is 15.7. The summed E-state index contributed by atoms with van der Waals surface area (Å²) >= 11 is 0. The number of amides is 1. The van der Waals surface area contributed by atoms with Gasteiger partial charge in [-0.3, -0.25) is 9.69 Å². The maximum Gasteiger partial charge on any atom is 0.239 e. The highest BCUT2D eigenvalue weighted by molar-refractivity contribution is 5.82. The quantitative estimate of drug-likeness (QED) is 0.793. The second kappa shape index (κ2) is 6.87. The fraction of sp³-hybridized carbons (Fsp3) is 0.933. The molecule has 2 fully saturated rings. The first-order valence-electron chi connectivity index (χ1n) is 7.83. The molecule has 0 bridgehead atoms. The van der Waals surface area contributed by atoms with Crippen molar-refractivity contribution >= 4 is 5.91 Å². The number of piperidine rings is 1. The molecule has 0 radical (unpaired) electrons. The van der Waals surface area contributed by atoms with Gasteiger partial charge in [0.2, 0.25) is 5.91 Å². The number of hydrogen-bond donors (Lipinski definition) is 2. The summed E-state index contributed by atoms with van der Waals surface area (Å²) in [6.07, 6.45) is 2.58. The van der Waals surface area contributed by atoms with Gasteiger partial charge in [0.15, 0.2) is 0 Å². The maximum atomic E-state index is 12.1. The molecule has 0 aromatic heterocycles. The van der Waals surface area contributed by atoms with Gasteiger partial charge in [-0.15, -0.1) is 0 Å². The minimum Gasteiger partial charge on any atom is -0.378 e. The molecule has 20 heavy (non-hydrogen) atoms. The Labute approximate surface area is 122 Å². The van der Waals surface area contributed by atoms with Gasteiger partial charge >= 0.3 is 0 Å². The van der Waals surface area contributed by atoms with Crippen molar-refractivity contribution in [1.29, 1.82) is 0 Å². The molecule has 2 atom stereocenters. The summed E-state index contributed by atoms with van der Waals surface area (Å²) in [5.41, 5.74) is 0.0138. The molecule has 2 unspecified atom stereocenters. The predicted molar refractivity (Wildman–Crippen MR) is 79.7 cm³/mol. The van der Waals surface area contributed by atoms with Gasteiger partial charge in [-0.1, -0.05) is 6.92 Å². The Morgan fingerprint density at radius 3 is 2.95 bits per heavy atom. The summed E-state index contributed by atoms with van der Waals surface area (Å²) in [6, 6.07) is -0.195. The average Bonchev–Trinajstić information content (AvgIpc) is 2.46. The molecular weight excluding hydrogens is 254 g/mol. The van der Waals surface area contributed by atoms with Crippen molar-refractivity contribution in [3.05, 3.63) is 0 Å². The van der Waals surface area contributed by atoms with Gasteiger partial charge in [0.1, 0.15) is 6.04 Å². The van der Waals surface area contributed by atoms with Gasteiger partial charge in [-0.05, 0) is 39.2 Å². The van der Waals surface area contributed by atoms with Gasteiger partial charge in [-0.25, -0.2) is 0 Å². The van der Waals surface area contributed by atoms with Crippen LogP contribution in [0, 0.1) is 5.92 Å². The number of nitrogens with one attached hydrogen (secondary N) is 2. The van der Waals surface area contributed by atoms with E-state index in [0.29, 0.717) is 19.8 Å². The van der Waals surface area contributed by atoms with Crippen molar-refractivity contribution in [2.75, 3.05) is 39.4 Å². The Kier molecular flexibility index (Phi) is 5.41. The van der Waals surface area contributed by atoms with Gasteiger partial charge in [0, 0.05) is 25.2 Å². The van der Waals surface area contributed by atoms with E-state index >= 15 is 0 Å². The Bertz CT molecular complexity index is 327. The lowest BCUT2D eigenvalue weighted by Gasteiger charge is -2.43. The lowest BCUT2D eigenvalue weighted by atomic mass is 9.93. The predicted octanol–water partition coefficient (Wildman–Crippen LogP) is 0.602. The molecule has 2 aliphatic rings. The number of rotatable bonds is 4. The van der Waals surface area contributed by atoms with Crippen molar-refractivity contribution in [2.45, 2.75) is 45.2 Å². The van der Waals surface area contributed by atoms with Crippen LogP contribution in [0.1, 0.15) is 33.6 Å². The fourth-order valence-electron chi connectivity index (χ4n) is 3.01. The van der Waals surface area contributed by atoms with E-state index in [0.717, 1.165) is 25.6 Å². The smallest absolute Gasteiger partial charge is 0.239 e. The van der Waals surface area contributed by atoms with Crippen LogP contribution >= 0.6 is 0 Å². The minimum absolute atomic E-state index is 0.0138. The van der Waals surface area contributed by atoms with Crippen LogP contribution in [-0.4, -0.2) is 61.8 Å². The standard InChI is InChI=1S/C15H29N3O2/c1-12-5-4-7-18(9-12)15(2,3)11-17-14(19)13-10-20-8-6-16-13/h12-13,16H,4-11H2,1-3H3,(H,17,19). The minimum atomic E-state index is -0.195. The molecule has 5 heteroatoms. The van der Waals surface area contributed by atoms with Crippen LogP contribution in [0.3, 0.4) is 0 Å². The van der Waals surface area contributed by atoms with E-state index in [-0.39, 0.29) is 17.5 Å². The van der Waals surface area contributed by atoms with Crippen molar-refractivity contribution in [3.8, 4) is 0 Å². The molecule has 0 aromatic carbocycles. The number of nitrogens with zero attached hydrogens (tertiary/aromatic N) is 1. The fourth-order valence-corrected chi connectivity index (χ4v) is 3.01. The van der Waals surface area contributed by atoms with E-state index < -0.39 is 0 Å². The summed E-state index contributed by atoms with van der Waals surface area (Å²) in [5, 5.41) is 6.27. The maximum absolute atomic E-state index is 12.1. The molecule has 116 valence electrons. The van der Waals surface area contributed by atoms with Crippen molar-refractivity contribution in [2.24, 2.45) is 5.92 Å². The summed E-state index contributed by atoms with van der Waals surface area (Å²) in [4.78, 5) is 14.6. The summed E-state index contributed by atoms with van der Waals surface area (Å²) in [7, 11) is 0. The topological polar surface area (TPSA) is 53.6 Å². The molecular formula is C15H29N3O2. The van der Waals surface area contributed by atoms with Crippen LogP contribution in [-0.2, 0) is 9.53 Å². The van der Waals surface area contributed by atoms with Crippen LogP contribution in [0.25, 0.3) is 0 Å². The van der Waals surface area contributed by atoms with E-state index in [9.17, 15) is 4.79 Å². The molecule has 0 spiro atoms. The van der Waals surface area contributed by atoms with Gasteiger partial charge < -0.3 is 15.4 Å². The molecule has 1 amide bonds. The molecule has 0 aliphatic carbocycles. The summed E-state index contributed by atoms with van der Waals surface area (Å²) in [5.74, 6) is 0.815. The van der Waals surface area contributed by atoms with Crippen LogP contribution in [0.4, 0.5) is 0 Å². The number of carbonyl (C=O) groups excluding carboxylic acids is 1. The number of carbonyl (C=O) groups is 1. The first-order chi connectivity index (χ1) is 9.49. The molecule has 0 saturated carbocycles. The van der Waals surface area contributed by atoms with E-state index in [1.165, 1.54) is 12.8 Å². The van der Waals surface area contributed by atoms with Gasteiger partial charge in [-0.2, -0.15) is 0 Å². The van der Waals surface area contributed by atoms with Crippen LogP contribution in [0.5, 0.6) is 0 Å². The molecule has 5 nitrogen and oxygen atoms in total. The Morgan fingerprint density at radius 2 is 2.30 bits per heavy atom. The van der Waals surface area contributed by atoms with E-state index in [4.69, 9.17) is 4.74 Å². The van der Waals surface area contributed by atoms with E-state index in [2.05, 4.69) is 36.3 Å². The Balaban J connectivity index is 1.80. The highest BCUT2D eigenvalue weighted by Crippen LogP contribution is 2.23. The molecule has 0 aromatic rings. The first-order valence-corrected chi connectivity index (χ1v) is 7.83. The molecule has 2 rings (SSSR count). The van der Waals surface area contributed by atoms with Crippen molar-refractivity contribution in [1.82, 2.24) is 15.5 Å². The molecule has 2 heterocycles. The second-order valence-electron chi connectivity index (χ2n) is 6.81. The van der Waals surface area contributed by atoms with Crippen LogP contribution in [0.2, 0.25) is 0 Å². The lowest BCUT2D eigenvalue weighted by Crippen LogP contribution is -2.58. The highest BCUT2D eigenvalue weighted by Gasteiger charge is 2.31. The monoisotopic (exact) mass is 283 g/mol. The molecule has 2 saturated heterocycles. The summed E-state index contributed by atoms with van der Waals surface area (Å²) in [6.45, 7) is 11.6. The van der Waals surface area contributed by atoms with Gasteiger partial charge in [0.25, 0.3) is 0 Å². The largest absolute Gasteiger partial charge is 0.378 e. The van der Waals surface area contributed by atoms with E-state index in [1.807, 2.05) is 0 Å². The zero-order valence-electron chi connectivity index (χ0n) is 13.1. The van der Waals surface area contributed by atoms with Gasteiger partial charge in [0.05, 0.1) is 13.2 Å². The normalized spacial score (nSPS) is 29.1. The SMILES string of the molecule is CC1CCCN(C(C)(C)CNC(=O)C2COCCN2)C1. The second-order valence-corrected chi connectivity index (χ2v) is 6.81. The van der Waals surface area contributed by atoms with Crippen LogP contribution in [0.15, 0.2) is 0 Å². The number of morpholine rings is 1. The van der Waals surface area contributed by atoms with Crippen molar-refractivity contribution < 1.29 is 9.53 Å². The van der Waals surface area contributed by atoms with Crippen molar-refractivity contribution in [3.63, 3.8) is 0 Å². The highest BCUT2D eigenvalue weighted by atomic mass is 16.5. The number of ether oxygens (including phenoxy) is 1.